The average Bonchev–Trinajstić information content (AvgIpc) is 3.31. The summed E-state index contributed by atoms with van der Waals surface area (Å²) in [5.74, 6) is -7.12. The molecule has 0 atom stereocenters. The lowest BCUT2D eigenvalue weighted by atomic mass is 9.52. The SMILES string of the molecule is Fc1c(F)c(F)c2c(c1F)C1c3ccccc3C2(C2OCCO2)c2ccccc21. The first-order valence-electron chi connectivity index (χ1n) is 9.36. The summed E-state index contributed by atoms with van der Waals surface area (Å²) in [7, 11) is 0. The number of hydrogen-bond donors (Lipinski definition) is 0. The summed E-state index contributed by atoms with van der Waals surface area (Å²) in [6, 6.07) is 14.4. The van der Waals surface area contributed by atoms with Crippen LogP contribution in [-0.2, 0) is 14.9 Å². The van der Waals surface area contributed by atoms with E-state index >= 15 is 8.78 Å². The molecule has 4 aliphatic rings. The van der Waals surface area contributed by atoms with Crippen molar-refractivity contribution >= 4 is 0 Å². The minimum Gasteiger partial charge on any atom is -0.349 e. The van der Waals surface area contributed by atoms with Crippen LogP contribution in [0.5, 0.6) is 0 Å². The van der Waals surface area contributed by atoms with E-state index in [9.17, 15) is 8.78 Å². The zero-order valence-electron chi connectivity index (χ0n) is 15.0. The van der Waals surface area contributed by atoms with Crippen LogP contribution < -0.4 is 0 Å². The molecule has 0 N–H and O–H groups in total. The second-order valence-corrected chi connectivity index (χ2v) is 7.53. The summed E-state index contributed by atoms with van der Waals surface area (Å²) in [5, 5.41) is 0. The average molecular weight is 398 g/mol. The molecular formula is C23H14F4O2. The van der Waals surface area contributed by atoms with Crippen LogP contribution in [0.1, 0.15) is 39.3 Å². The van der Waals surface area contributed by atoms with E-state index in [-0.39, 0.29) is 24.3 Å². The summed E-state index contributed by atoms with van der Waals surface area (Å²) < 4.78 is 70.9. The Labute approximate surface area is 163 Å². The molecule has 1 aliphatic heterocycles. The molecule has 6 heteroatoms. The molecule has 146 valence electrons. The largest absolute Gasteiger partial charge is 0.349 e. The highest BCUT2D eigenvalue weighted by Crippen LogP contribution is 2.62. The van der Waals surface area contributed by atoms with Crippen molar-refractivity contribution in [2.75, 3.05) is 13.2 Å². The zero-order valence-corrected chi connectivity index (χ0v) is 15.0. The number of hydrogen-bond acceptors (Lipinski definition) is 2. The van der Waals surface area contributed by atoms with E-state index in [1.165, 1.54) is 0 Å². The van der Waals surface area contributed by atoms with Crippen molar-refractivity contribution in [1.82, 2.24) is 0 Å². The Kier molecular flexibility index (Phi) is 3.36. The topological polar surface area (TPSA) is 18.5 Å². The maximum Gasteiger partial charge on any atom is 0.197 e. The van der Waals surface area contributed by atoms with Crippen LogP contribution in [0.25, 0.3) is 0 Å². The zero-order chi connectivity index (χ0) is 19.9. The van der Waals surface area contributed by atoms with Gasteiger partial charge in [-0.05, 0) is 22.3 Å². The Hall–Kier alpha value is -2.70. The molecule has 0 unspecified atom stereocenters. The molecule has 0 amide bonds. The third kappa shape index (κ3) is 1.84. The Morgan fingerprint density at radius 3 is 1.79 bits per heavy atom. The molecule has 0 saturated carbocycles. The Balaban J connectivity index is 1.86. The molecule has 3 aliphatic carbocycles. The first kappa shape index (κ1) is 17.2. The van der Waals surface area contributed by atoms with Gasteiger partial charge in [0.25, 0.3) is 0 Å². The lowest BCUT2D eigenvalue weighted by molar-refractivity contribution is -0.0789. The van der Waals surface area contributed by atoms with Crippen molar-refractivity contribution in [2.45, 2.75) is 17.6 Å². The van der Waals surface area contributed by atoms with Crippen LogP contribution in [-0.4, -0.2) is 19.5 Å². The van der Waals surface area contributed by atoms with Crippen LogP contribution in [0.2, 0.25) is 0 Å². The van der Waals surface area contributed by atoms with Crippen molar-refractivity contribution in [1.29, 1.82) is 0 Å². The fourth-order valence-electron chi connectivity index (χ4n) is 5.39. The van der Waals surface area contributed by atoms with Crippen molar-refractivity contribution in [3.05, 3.63) is 105 Å². The molecule has 3 aromatic carbocycles. The summed E-state index contributed by atoms with van der Waals surface area (Å²) >= 11 is 0. The number of ether oxygens (including phenoxy) is 2. The van der Waals surface area contributed by atoms with Crippen LogP contribution in [0.3, 0.4) is 0 Å². The van der Waals surface area contributed by atoms with Crippen molar-refractivity contribution < 1.29 is 27.0 Å². The van der Waals surface area contributed by atoms with E-state index in [1.807, 2.05) is 0 Å². The third-order valence-electron chi connectivity index (χ3n) is 6.36. The summed E-state index contributed by atoms with van der Waals surface area (Å²) in [4.78, 5) is 0. The van der Waals surface area contributed by atoms with E-state index in [2.05, 4.69) is 0 Å². The van der Waals surface area contributed by atoms with Gasteiger partial charge in [0.05, 0.1) is 13.2 Å². The predicted molar refractivity (Wildman–Crippen MR) is 95.7 cm³/mol. The highest BCUT2D eigenvalue weighted by Gasteiger charge is 2.60. The summed E-state index contributed by atoms with van der Waals surface area (Å²) in [6.07, 6.45) is -0.997. The van der Waals surface area contributed by atoms with Crippen LogP contribution in [0.15, 0.2) is 48.5 Å². The van der Waals surface area contributed by atoms with E-state index in [4.69, 9.17) is 9.47 Å². The molecule has 2 bridgehead atoms. The smallest absolute Gasteiger partial charge is 0.197 e. The molecule has 1 fully saturated rings. The maximum atomic E-state index is 15.4. The van der Waals surface area contributed by atoms with Gasteiger partial charge in [0.2, 0.25) is 0 Å². The van der Waals surface area contributed by atoms with Crippen LogP contribution in [0.4, 0.5) is 17.6 Å². The first-order valence-corrected chi connectivity index (χ1v) is 9.36. The van der Waals surface area contributed by atoms with Gasteiger partial charge in [-0.25, -0.2) is 17.6 Å². The van der Waals surface area contributed by atoms with Gasteiger partial charge < -0.3 is 9.47 Å². The van der Waals surface area contributed by atoms with E-state index in [0.29, 0.717) is 22.3 Å². The third-order valence-corrected chi connectivity index (χ3v) is 6.36. The van der Waals surface area contributed by atoms with E-state index in [1.54, 1.807) is 48.5 Å². The van der Waals surface area contributed by atoms with Gasteiger partial charge in [-0.1, -0.05) is 48.5 Å². The number of rotatable bonds is 1. The highest BCUT2D eigenvalue weighted by molar-refractivity contribution is 5.73. The van der Waals surface area contributed by atoms with Crippen molar-refractivity contribution in [3.63, 3.8) is 0 Å². The molecule has 0 radical (unpaired) electrons. The van der Waals surface area contributed by atoms with Crippen LogP contribution >= 0.6 is 0 Å². The molecule has 3 aromatic rings. The van der Waals surface area contributed by atoms with Gasteiger partial charge in [-0.15, -0.1) is 0 Å². The van der Waals surface area contributed by atoms with Gasteiger partial charge in [-0.2, -0.15) is 0 Å². The van der Waals surface area contributed by atoms with E-state index in [0.717, 1.165) is 0 Å². The Morgan fingerprint density at radius 1 is 0.690 bits per heavy atom. The number of halogens is 4. The Bertz CT molecular complexity index is 1140. The van der Waals surface area contributed by atoms with Crippen molar-refractivity contribution in [3.8, 4) is 0 Å². The standard InChI is InChI=1S/C23H14F4O2/c24-18-16-15-11-5-1-3-7-13(11)23(22-28-9-10-29-22,14-8-4-2-6-12(14)15)17(16)19(25)21(27)20(18)26/h1-8,15,22H,9-10H2. The molecule has 1 saturated heterocycles. The molecule has 2 nitrogen and oxygen atoms in total. The highest BCUT2D eigenvalue weighted by atomic mass is 19.2. The molecule has 1 heterocycles. The minimum atomic E-state index is -1.82. The van der Waals surface area contributed by atoms with E-state index < -0.39 is 40.9 Å². The first-order chi connectivity index (χ1) is 14.1. The summed E-state index contributed by atoms with van der Waals surface area (Å²) in [5.41, 5.74) is 0.887. The maximum absolute atomic E-state index is 15.4. The lowest BCUT2D eigenvalue weighted by Crippen LogP contribution is -2.52. The van der Waals surface area contributed by atoms with Gasteiger partial charge in [0.1, 0.15) is 5.41 Å². The molecule has 29 heavy (non-hydrogen) atoms. The molecule has 0 spiro atoms. The van der Waals surface area contributed by atoms with Crippen molar-refractivity contribution in [2.24, 2.45) is 0 Å². The monoisotopic (exact) mass is 398 g/mol. The molecule has 7 rings (SSSR count). The molecular weight excluding hydrogens is 384 g/mol. The second-order valence-electron chi connectivity index (χ2n) is 7.53. The van der Waals surface area contributed by atoms with Gasteiger partial charge in [0, 0.05) is 17.0 Å². The lowest BCUT2D eigenvalue weighted by Gasteiger charge is -2.52. The summed E-state index contributed by atoms with van der Waals surface area (Å²) in [6.45, 7) is 0.534. The van der Waals surface area contributed by atoms with Gasteiger partial charge >= 0.3 is 0 Å². The normalized spacial score (nSPS) is 24.3. The van der Waals surface area contributed by atoms with Gasteiger partial charge in [-0.3, -0.25) is 0 Å². The predicted octanol–water partition coefficient (Wildman–Crippen LogP) is 4.76. The quantitative estimate of drug-likeness (QED) is 0.334. The fourth-order valence-corrected chi connectivity index (χ4v) is 5.39. The van der Waals surface area contributed by atoms with Gasteiger partial charge in [0.15, 0.2) is 29.6 Å². The molecule has 0 aromatic heterocycles. The fraction of sp³-hybridized carbons (Fsp3) is 0.217. The second kappa shape index (κ2) is 5.68. The minimum absolute atomic E-state index is 0.183. The van der Waals surface area contributed by atoms with Crippen LogP contribution in [0, 0.1) is 23.3 Å². The number of benzene rings is 3. The Morgan fingerprint density at radius 2 is 1.21 bits per heavy atom.